The van der Waals surface area contributed by atoms with E-state index in [1.165, 1.54) is 0 Å². The third kappa shape index (κ3) is 7.85. The van der Waals surface area contributed by atoms with Gasteiger partial charge in [-0.1, -0.05) is 206 Å². The van der Waals surface area contributed by atoms with E-state index in [0.29, 0.717) is 66.2 Å². The number of imidazole rings is 4. The third-order valence-electron chi connectivity index (χ3n) is 23.0. The van der Waals surface area contributed by atoms with Gasteiger partial charge in [-0.25, -0.2) is 19.9 Å². The van der Waals surface area contributed by atoms with Gasteiger partial charge in [0.2, 0.25) is 0 Å². The fourth-order valence-corrected chi connectivity index (χ4v) is 18.2. The van der Waals surface area contributed by atoms with Crippen molar-refractivity contribution in [2.75, 3.05) is 0 Å². The van der Waals surface area contributed by atoms with Crippen LogP contribution in [0.15, 0.2) is 322 Å². The summed E-state index contributed by atoms with van der Waals surface area (Å²) >= 11 is 0. The number of hydrogen-bond acceptors (Lipinski definition) is 8. The second-order valence-corrected chi connectivity index (χ2v) is 28.5. The summed E-state index contributed by atoms with van der Waals surface area (Å²) in [4.78, 5) is 81.2. The predicted molar refractivity (Wildman–Crippen MR) is 439 cm³/mol. The number of hydrogen-bond donors (Lipinski definition) is 0. The van der Waals surface area contributed by atoms with Gasteiger partial charge in [-0.3, -0.25) is 36.8 Å². The van der Waals surface area contributed by atoms with Crippen LogP contribution in [-0.4, -0.2) is 37.5 Å². The Morgan fingerprint density at radius 3 is 0.917 bits per heavy atom. The molecule has 0 fully saturated rings. The van der Waals surface area contributed by atoms with Gasteiger partial charge in [-0.15, -0.1) is 0 Å². The molecule has 0 spiro atoms. The zero-order valence-electron chi connectivity index (χ0n) is 57.1. The normalized spacial score (nSPS) is 12.4. The van der Waals surface area contributed by atoms with Crippen molar-refractivity contribution in [1.82, 2.24) is 37.5 Å². The second kappa shape index (κ2) is 21.4. The number of para-hydroxylation sites is 2. The standard InChI is InChI=1S/C96H50N8O4/c105-93-71-26-12-22-63-59(37-41-67(83(63)71)89-97-77-30-10-11-31-79(77)101(89)93)60-38-42-68-84-64(60)23-13-27-72(84)94(106)102-80-45-36-56(48-78(80)98-90(68)102)52-32-34-53(35-33-52)58-47-76(55-20-8-3-9-21-55)88-82(50-58)104-92(100-88)70-44-40-62(66-25-15-29-74(86(66)70)96(104)108)61-39-43-69-85-65(61)24-14-28-73(85)95(107)103-81-49-57(51-16-4-1-5-17-51)46-75(87(81)99-91(69)103)54-18-6-2-7-19-54/h1-50H. The average molecular weight is 1380 g/mol. The van der Waals surface area contributed by atoms with Crippen molar-refractivity contribution in [3.05, 3.63) is 345 Å². The van der Waals surface area contributed by atoms with Crippen LogP contribution in [0.1, 0.15) is 0 Å². The first-order valence-corrected chi connectivity index (χ1v) is 36.1. The van der Waals surface area contributed by atoms with E-state index in [9.17, 15) is 9.59 Å². The Kier molecular flexibility index (Phi) is 11.6. The molecule has 0 aliphatic heterocycles. The Morgan fingerprint density at radius 2 is 0.500 bits per heavy atom. The Bertz CT molecular complexity index is 8380. The molecule has 24 aromatic rings. The van der Waals surface area contributed by atoms with Crippen LogP contribution in [0.5, 0.6) is 0 Å². The molecule has 0 radical (unpaired) electrons. The number of fused-ring (bicyclic) bond motifs is 16. The van der Waals surface area contributed by atoms with Crippen molar-refractivity contribution in [1.29, 1.82) is 0 Å². The molecule has 12 heteroatoms. The molecule has 8 aromatic heterocycles. The molecule has 0 amide bonds. The summed E-state index contributed by atoms with van der Waals surface area (Å²) in [5.74, 6) is 0. The molecule has 498 valence electrons. The molecule has 24 rings (SSSR count). The highest BCUT2D eigenvalue weighted by Gasteiger charge is 2.27. The lowest BCUT2D eigenvalue weighted by molar-refractivity contribution is 1.19. The number of rotatable bonds is 7. The third-order valence-corrected chi connectivity index (χ3v) is 23.0. The van der Waals surface area contributed by atoms with Crippen LogP contribution < -0.4 is 22.2 Å². The molecule has 8 heterocycles. The van der Waals surface area contributed by atoms with Crippen LogP contribution in [0.4, 0.5) is 0 Å². The van der Waals surface area contributed by atoms with E-state index in [1.54, 1.807) is 17.6 Å². The van der Waals surface area contributed by atoms with Gasteiger partial charge >= 0.3 is 0 Å². The smallest absolute Gasteiger partial charge is 0.264 e. The molecule has 0 N–H and O–H groups in total. The van der Waals surface area contributed by atoms with Crippen LogP contribution in [-0.2, 0) is 0 Å². The van der Waals surface area contributed by atoms with Crippen molar-refractivity contribution in [2.24, 2.45) is 0 Å². The maximum atomic E-state index is 15.6. The quantitative estimate of drug-likeness (QED) is 0.154. The van der Waals surface area contributed by atoms with Crippen molar-refractivity contribution >= 4 is 153 Å². The maximum absolute atomic E-state index is 15.6. The summed E-state index contributed by atoms with van der Waals surface area (Å²) in [5.41, 5.74) is 21.1. The van der Waals surface area contributed by atoms with Crippen LogP contribution in [0, 0.1) is 0 Å². The van der Waals surface area contributed by atoms with Crippen molar-refractivity contribution in [2.45, 2.75) is 0 Å². The van der Waals surface area contributed by atoms with Gasteiger partial charge in [0.05, 0.1) is 44.1 Å². The first-order chi connectivity index (χ1) is 53.2. The van der Waals surface area contributed by atoms with Crippen molar-refractivity contribution in [3.8, 4) is 77.9 Å². The second-order valence-electron chi connectivity index (χ2n) is 28.5. The predicted octanol–water partition coefficient (Wildman–Crippen LogP) is 21.0. The van der Waals surface area contributed by atoms with Crippen molar-refractivity contribution < 1.29 is 0 Å². The van der Waals surface area contributed by atoms with Gasteiger partial charge < -0.3 is 0 Å². The van der Waals surface area contributed by atoms with Gasteiger partial charge in [0.15, 0.2) is 0 Å². The SMILES string of the molecule is O=c1c2cccc3c(-c4ccc5c6c4cccc6c(=O)n4c6ccc(-c7ccc(-c8cc(-c9ccccc9)c9nc%10c%11ccc(-c%12ccc%13c%14c%12cccc%14c(=O)n%12c%14cc(-c%15ccccc%15)cc(-c%15ccccc%15)c%14nc%13%12)c%12cccc(c(=O)n%10c9c8)c%12%11)cc7)cc6nc54)ccc(c32)c2nc3ccccc3n12. The molecular formula is C96H50N8O4. The van der Waals surface area contributed by atoms with Gasteiger partial charge in [-0.05, 0) is 185 Å². The summed E-state index contributed by atoms with van der Waals surface area (Å²) in [7, 11) is 0. The molecule has 16 aromatic carbocycles. The topological polar surface area (TPSA) is 137 Å². The van der Waals surface area contributed by atoms with Gasteiger partial charge in [0.25, 0.3) is 22.2 Å². The first-order valence-electron chi connectivity index (χ1n) is 36.1. The Labute approximate surface area is 609 Å². The van der Waals surface area contributed by atoms with Crippen LogP contribution in [0.3, 0.4) is 0 Å². The van der Waals surface area contributed by atoms with Gasteiger partial charge in [-0.2, -0.15) is 0 Å². The van der Waals surface area contributed by atoms with Gasteiger partial charge in [0, 0.05) is 75.8 Å². The monoisotopic (exact) mass is 1380 g/mol. The Hall–Kier alpha value is -14.9. The van der Waals surface area contributed by atoms with E-state index in [2.05, 4.69) is 170 Å². The molecule has 108 heavy (non-hydrogen) atoms. The molecule has 0 saturated carbocycles. The van der Waals surface area contributed by atoms with Crippen LogP contribution >= 0.6 is 0 Å². The van der Waals surface area contributed by atoms with E-state index < -0.39 is 0 Å². The summed E-state index contributed by atoms with van der Waals surface area (Å²) in [5, 5.41) is 12.9. The lowest BCUT2D eigenvalue weighted by atomic mass is 9.89. The summed E-state index contributed by atoms with van der Waals surface area (Å²) in [6.07, 6.45) is 0. The zero-order valence-corrected chi connectivity index (χ0v) is 57.1. The van der Waals surface area contributed by atoms with E-state index >= 15 is 9.59 Å². The average Bonchev–Trinajstić information content (AvgIpc) is 1.44. The molecule has 0 aliphatic carbocycles. The summed E-state index contributed by atoms with van der Waals surface area (Å²) in [6, 6.07) is 102. The van der Waals surface area contributed by atoms with Crippen LogP contribution in [0.2, 0.25) is 0 Å². The molecule has 0 saturated heterocycles. The highest BCUT2D eigenvalue weighted by molar-refractivity contribution is 6.27. The Morgan fingerprint density at radius 1 is 0.185 bits per heavy atom. The van der Waals surface area contributed by atoms with Gasteiger partial charge in [0.1, 0.15) is 22.6 Å². The highest BCUT2D eigenvalue weighted by Crippen LogP contribution is 2.46. The minimum Gasteiger partial charge on any atom is -0.268 e. The zero-order chi connectivity index (χ0) is 71.1. The number of aromatic nitrogens is 8. The van der Waals surface area contributed by atoms with E-state index in [1.807, 2.05) is 133 Å². The van der Waals surface area contributed by atoms with E-state index in [4.69, 9.17) is 19.9 Å². The van der Waals surface area contributed by atoms with E-state index in [0.717, 1.165) is 165 Å². The first kappa shape index (κ1) is 58.6. The Balaban J connectivity index is 0.609. The molecule has 12 nitrogen and oxygen atoms in total. The minimum absolute atomic E-state index is 0.108. The van der Waals surface area contributed by atoms with Crippen molar-refractivity contribution in [3.63, 3.8) is 0 Å². The maximum Gasteiger partial charge on any atom is 0.264 e. The van der Waals surface area contributed by atoms with E-state index in [-0.39, 0.29) is 22.2 Å². The molecule has 0 atom stereocenters. The highest BCUT2D eigenvalue weighted by atomic mass is 16.1. The lowest BCUT2D eigenvalue weighted by Crippen LogP contribution is -2.13. The molecular weight excluding hydrogens is 1330 g/mol. The molecule has 0 unspecified atom stereocenters. The summed E-state index contributed by atoms with van der Waals surface area (Å²) in [6.45, 7) is 0. The summed E-state index contributed by atoms with van der Waals surface area (Å²) < 4.78 is 7.07. The minimum atomic E-state index is -0.170. The molecule has 0 bridgehead atoms. The largest absolute Gasteiger partial charge is 0.268 e. The molecule has 0 aliphatic rings. The lowest BCUT2D eigenvalue weighted by Gasteiger charge is -2.15. The number of nitrogens with zero attached hydrogens (tertiary/aromatic N) is 8. The number of benzene rings is 16. The fourth-order valence-electron chi connectivity index (χ4n) is 18.2. The fraction of sp³-hybridized carbons (Fsp3) is 0. The van der Waals surface area contributed by atoms with Crippen LogP contribution in [0.25, 0.3) is 231 Å². The number of pyridine rings is 4.